The molecular weight excluding hydrogens is 348 g/mol. The van der Waals surface area contributed by atoms with Crippen molar-refractivity contribution in [3.8, 4) is 0 Å². The van der Waals surface area contributed by atoms with Crippen molar-refractivity contribution in [2.24, 2.45) is 0 Å². The van der Waals surface area contributed by atoms with Gasteiger partial charge in [-0.1, -0.05) is 30.3 Å². The first-order chi connectivity index (χ1) is 12.6. The second-order valence-corrected chi connectivity index (χ2v) is 9.50. The average molecular weight is 375 g/mol. The predicted octanol–water partition coefficient (Wildman–Crippen LogP) is 1.33. The molecule has 0 bridgehead atoms. The maximum Gasteiger partial charge on any atom is 0.153 e. The number of aryl methyl sites for hydroxylation is 1. The van der Waals surface area contributed by atoms with Crippen LogP contribution in [0.5, 0.6) is 0 Å². The highest BCUT2D eigenvalue weighted by atomic mass is 32.2. The SMILES string of the molecule is O=S1(=O)C[C@@H]2[C@H](C1)N(Cc1ncc[nH]1)CCN2CCCc1ccccc1. The van der Waals surface area contributed by atoms with E-state index in [2.05, 4.69) is 44.0 Å². The van der Waals surface area contributed by atoms with E-state index in [1.54, 1.807) is 6.20 Å². The quantitative estimate of drug-likeness (QED) is 0.826. The molecule has 1 N–H and O–H groups in total. The molecule has 26 heavy (non-hydrogen) atoms. The van der Waals surface area contributed by atoms with Crippen molar-refractivity contribution in [3.05, 3.63) is 54.1 Å². The Kier molecular flexibility index (Phi) is 5.11. The van der Waals surface area contributed by atoms with Crippen LogP contribution in [0.25, 0.3) is 0 Å². The van der Waals surface area contributed by atoms with Gasteiger partial charge in [-0.05, 0) is 24.9 Å². The number of benzene rings is 1. The summed E-state index contributed by atoms with van der Waals surface area (Å²) in [6, 6.07) is 10.7. The van der Waals surface area contributed by atoms with E-state index in [1.165, 1.54) is 5.56 Å². The van der Waals surface area contributed by atoms with Crippen molar-refractivity contribution in [3.63, 3.8) is 0 Å². The largest absolute Gasteiger partial charge is 0.348 e. The third kappa shape index (κ3) is 4.00. The Hall–Kier alpha value is -1.70. The van der Waals surface area contributed by atoms with Gasteiger partial charge < -0.3 is 4.98 Å². The lowest BCUT2D eigenvalue weighted by atomic mass is 10.0. The van der Waals surface area contributed by atoms with Gasteiger partial charge in [-0.15, -0.1) is 0 Å². The zero-order chi connectivity index (χ0) is 18.0. The summed E-state index contributed by atoms with van der Waals surface area (Å²) in [5.41, 5.74) is 1.35. The number of piperazine rings is 1. The Morgan fingerprint density at radius 2 is 1.81 bits per heavy atom. The summed E-state index contributed by atoms with van der Waals surface area (Å²) < 4.78 is 24.6. The second kappa shape index (κ2) is 7.50. The first-order valence-electron chi connectivity index (χ1n) is 9.31. The average Bonchev–Trinajstić information content (AvgIpc) is 3.24. The van der Waals surface area contributed by atoms with Crippen LogP contribution in [0.3, 0.4) is 0 Å². The van der Waals surface area contributed by atoms with E-state index in [1.807, 2.05) is 12.3 Å². The standard InChI is InChI=1S/C19H26N4O2S/c24-26(25)14-17-18(15-26)23(13-19-20-8-9-21-19)12-11-22(17)10-4-7-16-5-2-1-3-6-16/h1-3,5-6,8-9,17-18H,4,7,10-15H2,(H,20,21)/t17-,18+/m1/s1. The minimum absolute atomic E-state index is 0.0792. The Balaban J connectivity index is 1.40. The molecule has 2 atom stereocenters. The molecule has 2 aromatic rings. The molecule has 2 aliphatic heterocycles. The number of nitrogens with zero attached hydrogens (tertiary/aromatic N) is 3. The zero-order valence-electron chi connectivity index (χ0n) is 14.9. The fourth-order valence-corrected chi connectivity index (χ4v) is 6.32. The Morgan fingerprint density at radius 3 is 2.54 bits per heavy atom. The third-order valence-electron chi connectivity index (χ3n) is 5.57. The molecule has 140 valence electrons. The molecule has 2 aliphatic rings. The van der Waals surface area contributed by atoms with E-state index in [4.69, 9.17) is 0 Å². The van der Waals surface area contributed by atoms with Gasteiger partial charge in [0.05, 0.1) is 18.1 Å². The predicted molar refractivity (Wildman–Crippen MR) is 102 cm³/mol. The molecule has 0 radical (unpaired) electrons. The summed E-state index contributed by atoms with van der Waals surface area (Å²) in [7, 11) is -2.96. The van der Waals surface area contributed by atoms with Gasteiger partial charge in [0.25, 0.3) is 0 Å². The van der Waals surface area contributed by atoms with Crippen LogP contribution in [-0.4, -0.2) is 71.4 Å². The number of hydrogen-bond acceptors (Lipinski definition) is 5. The molecular formula is C19H26N4O2S. The fourth-order valence-electron chi connectivity index (χ4n) is 4.28. The molecule has 1 aromatic carbocycles. The minimum Gasteiger partial charge on any atom is -0.348 e. The highest BCUT2D eigenvalue weighted by Crippen LogP contribution is 2.28. The van der Waals surface area contributed by atoms with Gasteiger partial charge in [0.2, 0.25) is 0 Å². The molecule has 0 unspecified atom stereocenters. The van der Waals surface area contributed by atoms with Gasteiger partial charge >= 0.3 is 0 Å². The number of nitrogens with one attached hydrogen (secondary N) is 1. The first-order valence-corrected chi connectivity index (χ1v) is 11.1. The van der Waals surface area contributed by atoms with Crippen molar-refractivity contribution in [1.29, 1.82) is 0 Å². The Labute approximate surface area is 155 Å². The molecule has 6 nitrogen and oxygen atoms in total. The van der Waals surface area contributed by atoms with Crippen molar-refractivity contribution in [1.82, 2.24) is 19.8 Å². The summed E-state index contributed by atoms with van der Waals surface area (Å²) in [6.45, 7) is 3.47. The lowest BCUT2D eigenvalue weighted by Gasteiger charge is -2.43. The van der Waals surface area contributed by atoms with Crippen LogP contribution < -0.4 is 0 Å². The van der Waals surface area contributed by atoms with Crippen molar-refractivity contribution >= 4 is 9.84 Å². The Morgan fingerprint density at radius 1 is 1.08 bits per heavy atom. The lowest BCUT2D eigenvalue weighted by molar-refractivity contribution is 0.0384. The monoisotopic (exact) mass is 374 g/mol. The van der Waals surface area contributed by atoms with Gasteiger partial charge in [0.15, 0.2) is 9.84 Å². The van der Waals surface area contributed by atoms with Crippen LogP contribution in [0.15, 0.2) is 42.7 Å². The van der Waals surface area contributed by atoms with E-state index in [0.29, 0.717) is 6.54 Å². The smallest absolute Gasteiger partial charge is 0.153 e. The van der Waals surface area contributed by atoms with Gasteiger partial charge in [0.1, 0.15) is 5.82 Å². The van der Waals surface area contributed by atoms with Gasteiger partial charge in [-0.2, -0.15) is 0 Å². The van der Waals surface area contributed by atoms with Crippen molar-refractivity contribution < 1.29 is 8.42 Å². The molecule has 2 saturated heterocycles. The number of H-pyrrole nitrogens is 1. The topological polar surface area (TPSA) is 69.3 Å². The summed E-state index contributed by atoms with van der Waals surface area (Å²) in [5, 5.41) is 0. The van der Waals surface area contributed by atoms with Crippen LogP contribution >= 0.6 is 0 Å². The highest BCUT2D eigenvalue weighted by molar-refractivity contribution is 7.91. The fraction of sp³-hybridized carbons (Fsp3) is 0.526. The molecule has 7 heteroatoms. The zero-order valence-corrected chi connectivity index (χ0v) is 15.7. The van der Waals surface area contributed by atoms with Crippen molar-refractivity contribution in [2.45, 2.75) is 31.5 Å². The number of hydrogen-bond donors (Lipinski definition) is 1. The normalized spacial score (nSPS) is 26.0. The summed E-state index contributed by atoms with van der Waals surface area (Å²) in [4.78, 5) is 12.1. The van der Waals surface area contributed by atoms with E-state index in [0.717, 1.165) is 38.3 Å². The number of sulfone groups is 1. The van der Waals surface area contributed by atoms with Gasteiger partial charge in [-0.25, -0.2) is 13.4 Å². The van der Waals surface area contributed by atoms with E-state index >= 15 is 0 Å². The number of rotatable bonds is 6. The van der Waals surface area contributed by atoms with Crippen LogP contribution in [0, 0.1) is 0 Å². The molecule has 0 spiro atoms. The molecule has 0 aliphatic carbocycles. The molecule has 2 fully saturated rings. The molecule has 4 rings (SSSR count). The summed E-state index contributed by atoms with van der Waals surface area (Å²) >= 11 is 0. The van der Waals surface area contributed by atoms with Crippen LogP contribution in [0.2, 0.25) is 0 Å². The van der Waals surface area contributed by atoms with Crippen LogP contribution in [-0.2, 0) is 22.8 Å². The minimum atomic E-state index is -2.96. The van der Waals surface area contributed by atoms with Crippen molar-refractivity contribution in [2.75, 3.05) is 31.1 Å². The molecule has 0 amide bonds. The van der Waals surface area contributed by atoms with E-state index < -0.39 is 9.84 Å². The number of aromatic nitrogens is 2. The number of imidazole rings is 1. The highest BCUT2D eigenvalue weighted by Gasteiger charge is 2.46. The van der Waals surface area contributed by atoms with Crippen LogP contribution in [0.1, 0.15) is 17.8 Å². The summed E-state index contributed by atoms with van der Waals surface area (Å²) in [5.74, 6) is 1.47. The van der Waals surface area contributed by atoms with Gasteiger partial charge in [0, 0.05) is 37.6 Å². The number of fused-ring (bicyclic) bond motifs is 1. The molecule has 0 saturated carbocycles. The first kappa shape index (κ1) is 17.7. The number of aromatic amines is 1. The third-order valence-corrected chi connectivity index (χ3v) is 7.27. The van der Waals surface area contributed by atoms with Gasteiger partial charge in [-0.3, -0.25) is 9.80 Å². The molecule has 1 aromatic heterocycles. The van der Waals surface area contributed by atoms with Crippen LogP contribution in [0.4, 0.5) is 0 Å². The Bertz CT molecular complexity index is 807. The maximum atomic E-state index is 12.3. The lowest BCUT2D eigenvalue weighted by Crippen LogP contribution is -2.58. The molecule has 3 heterocycles. The summed E-state index contributed by atoms with van der Waals surface area (Å²) in [6.07, 6.45) is 5.67. The van der Waals surface area contributed by atoms with E-state index in [9.17, 15) is 8.42 Å². The van der Waals surface area contributed by atoms with E-state index in [-0.39, 0.29) is 23.6 Å². The maximum absolute atomic E-state index is 12.3. The second-order valence-electron chi connectivity index (χ2n) is 7.34.